The summed E-state index contributed by atoms with van der Waals surface area (Å²) in [5, 5.41) is 8.98. The molecule has 56 valence electrons. The molecule has 0 rings (SSSR count). The summed E-state index contributed by atoms with van der Waals surface area (Å²) in [5.41, 5.74) is 0. The fraction of sp³-hybridized carbons (Fsp3) is 1.00. The minimum Gasteiger partial charge on any atom is -0.393 e. The maximum atomic E-state index is 8.98. The monoisotopic (exact) mass is 131 g/mol. The fourth-order valence-corrected chi connectivity index (χ4v) is 0.808. The Morgan fingerprint density at radius 2 is 2.11 bits per heavy atom. The minimum absolute atomic E-state index is 0.604. The Morgan fingerprint density at radius 1 is 1.44 bits per heavy atom. The van der Waals surface area contributed by atoms with E-state index in [2.05, 4.69) is 6.92 Å². The molecule has 0 aliphatic rings. The van der Waals surface area contributed by atoms with Crippen molar-refractivity contribution in [2.75, 3.05) is 0 Å². The van der Waals surface area contributed by atoms with Crippen molar-refractivity contribution in [1.29, 1.82) is 0 Å². The van der Waals surface area contributed by atoms with Crippen LogP contribution in [0.15, 0.2) is 0 Å². The molecule has 0 spiro atoms. The molecule has 0 aliphatic carbocycles. The molecule has 0 aromatic rings. The van der Waals surface area contributed by atoms with E-state index in [-0.39, 0.29) is 0 Å². The molecule has 0 heterocycles. The third-order valence-electron chi connectivity index (χ3n) is 1.39. The van der Waals surface area contributed by atoms with Crippen LogP contribution in [0.5, 0.6) is 0 Å². The van der Waals surface area contributed by atoms with Crippen LogP contribution < -0.4 is 0 Å². The minimum atomic E-state index is -1.20. The second kappa shape index (κ2) is 6.09. The van der Waals surface area contributed by atoms with Crippen molar-refractivity contribution in [3.63, 3.8) is 0 Å². The molecule has 0 saturated heterocycles. The molecule has 1 atom stereocenters. The van der Waals surface area contributed by atoms with Crippen LogP contribution in [0, 0.1) is 0 Å². The molecule has 0 aromatic carbocycles. The molecule has 0 aromatic heterocycles. The Bertz CT molecular complexity index is 75.8. The van der Waals surface area contributed by atoms with Crippen LogP contribution in [0.3, 0.4) is 0 Å². The van der Waals surface area contributed by atoms with E-state index < -0.39 is 6.08 Å². The predicted molar refractivity (Wildman–Crippen MR) is 40.4 cm³/mol. The average molecular weight is 131 g/mol. The first-order chi connectivity index (χ1) is 4.56. The van der Waals surface area contributed by atoms with Gasteiger partial charge in [0, 0.05) is 0 Å². The molecule has 0 amide bonds. The predicted octanol–water partition coefficient (Wildman–Crippen LogP) is 2.34. The molecular formula is C8H18O. The van der Waals surface area contributed by atoms with Crippen molar-refractivity contribution in [3.05, 3.63) is 0 Å². The normalized spacial score (nSPS) is 18.8. The highest BCUT2D eigenvalue weighted by molar-refractivity contribution is 4.47. The number of unbranched alkanes of at least 4 members (excludes halogenated alkanes) is 3. The lowest BCUT2D eigenvalue weighted by Gasteiger charge is -2.01. The van der Waals surface area contributed by atoms with Crippen LogP contribution in [0.1, 0.15) is 47.3 Å². The second-order valence-electron chi connectivity index (χ2n) is 2.55. The summed E-state index contributed by atoms with van der Waals surface area (Å²) in [7, 11) is 0. The molecule has 1 nitrogen and oxygen atoms in total. The maximum Gasteiger partial charge on any atom is 0.0597 e. The zero-order valence-corrected chi connectivity index (χ0v) is 6.48. The Balaban J connectivity index is 3.04. The van der Waals surface area contributed by atoms with Crippen molar-refractivity contribution in [2.45, 2.75) is 52.0 Å². The SMILES string of the molecule is [2H][C@@](C)(O)CCCCCC. The van der Waals surface area contributed by atoms with E-state index in [9.17, 15) is 0 Å². The van der Waals surface area contributed by atoms with Gasteiger partial charge in [-0.25, -0.2) is 0 Å². The zero-order valence-electron chi connectivity index (χ0n) is 7.48. The van der Waals surface area contributed by atoms with Crippen LogP contribution in [-0.4, -0.2) is 11.2 Å². The zero-order chi connectivity index (χ0) is 8.04. The Hall–Kier alpha value is -0.0400. The van der Waals surface area contributed by atoms with Crippen LogP contribution in [0.4, 0.5) is 0 Å². The highest BCUT2D eigenvalue weighted by Gasteiger charge is 1.93. The number of aliphatic hydroxyl groups is 1. The van der Waals surface area contributed by atoms with Crippen molar-refractivity contribution in [2.24, 2.45) is 0 Å². The summed E-state index contributed by atoms with van der Waals surface area (Å²) in [4.78, 5) is 0. The molecular weight excluding hydrogens is 112 g/mol. The lowest BCUT2D eigenvalue weighted by atomic mass is 10.1. The van der Waals surface area contributed by atoms with Crippen LogP contribution >= 0.6 is 0 Å². The molecule has 0 radical (unpaired) electrons. The first kappa shape index (κ1) is 7.07. The molecule has 0 unspecified atom stereocenters. The smallest absolute Gasteiger partial charge is 0.0597 e. The van der Waals surface area contributed by atoms with E-state index in [1.807, 2.05) is 0 Å². The highest BCUT2D eigenvalue weighted by atomic mass is 16.3. The summed E-state index contributed by atoms with van der Waals surface area (Å²) in [6.45, 7) is 3.69. The number of hydrogen-bond donors (Lipinski definition) is 1. The van der Waals surface area contributed by atoms with E-state index >= 15 is 0 Å². The summed E-state index contributed by atoms with van der Waals surface area (Å²) >= 11 is 0. The molecule has 0 bridgehead atoms. The Labute approximate surface area is 59.5 Å². The second-order valence-corrected chi connectivity index (χ2v) is 2.55. The fourth-order valence-electron chi connectivity index (χ4n) is 0.808. The van der Waals surface area contributed by atoms with Crippen molar-refractivity contribution >= 4 is 0 Å². The maximum absolute atomic E-state index is 8.98. The van der Waals surface area contributed by atoms with Gasteiger partial charge in [0.25, 0.3) is 0 Å². The lowest BCUT2D eigenvalue weighted by molar-refractivity contribution is 0.180. The van der Waals surface area contributed by atoms with Gasteiger partial charge in [-0.05, 0) is 13.3 Å². The van der Waals surface area contributed by atoms with E-state index in [0.717, 1.165) is 12.8 Å². The molecule has 9 heavy (non-hydrogen) atoms. The van der Waals surface area contributed by atoms with Gasteiger partial charge < -0.3 is 5.11 Å². The van der Waals surface area contributed by atoms with Gasteiger partial charge >= 0.3 is 0 Å². The van der Waals surface area contributed by atoms with E-state index in [4.69, 9.17) is 6.48 Å². The summed E-state index contributed by atoms with van der Waals surface area (Å²) < 4.78 is 7.12. The van der Waals surface area contributed by atoms with Gasteiger partial charge in [0.05, 0.1) is 7.45 Å². The molecule has 1 N–H and O–H groups in total. The van der Waals surface area contributed by atoms with E-state index in [1.165, 1.54) is 12.8 Å². The van der Waals surface area contributed by atoms with Crippen LogP contribution in [-0.2, 0) is 0 Å². The molecule has 0 saturated carbocycles. The van der Waals surface area contributed by atoms with Gasteiger partial charge in [-0.2, -0.15) is 0 Å². The van der Waals surface area contributed by atoms with Gasteiger partial charge in [-0.15, -0.1) is 0 Å². The van der Waals surface area contributed by atoms with E-state index in [0.29, 0.717) is 6.42 Å². The topological polar surface area (TPSA) is 20.2 Å². The van der Waals surface area contributed by atoms with Gasteiger partial charge in [0.2, 0.25) is 0 Å². The van der Waals surface area contributed by atoms with Crippen LogP contribution in [0.2, 0.25) is 0 Å². The van der Waals surface area contributed by atoms with Crippen LogP contribution in [0.25, 0.3) is 0 Å². The lowest BCUT2D eigenvalue weighted by Crippen LogP contribution is -1.97. The summed E-state index contributed by atoms with van der Waals surface area (Å²) in [6.07, 6.45) is 3.95. The largest absolute Gasteiger partial charge is 0.393 e. The average Bonchev–Trinajstić information content (AvgIpc) is 1.78. The third kappa shape index (κ3) is 7.96. The first-order valence-corrected chi connectivity index (χ1v) is 3.78. The number of rotatable bonds is 5. The number of hydrogen-bond acceptors (Lipinski definition) is 1. The van der Waals surface area contributed by atoms with Gasteiger partial charge in [-0.1, -0.05) is 32.6 Å². The van der Waals surface area contributed by atoms with Crippen molar-refractivity contribution in [1.82, 2.24) is 0 Å². The standard InChI is InChI=1S/C8H18O/c1-3-4-5-6-7-8(2)9/h8-9H,3-7H2,1-2H3/t8-/m0/s1/i8D. The van der Waals surface area contributed by atoms with Crippen molar-refractivity contribution in [3.8, 4) is 0 Å². The summed E-state index contributed by atoms with van der Waals surface area (Å²) in [5.74, 6) is 0. The van der Waals surface area contributed by atoms with Gasteiger partial charge in [-0.3, -0.25) is 0 Å². The van der Waals surface area contributed by atoms with Gasteiger partial charge in [0.1, 0.15) is 0 Å². The highest BCUT2D eigenvalue weighted by Crippen LogP contribution is 2.04. The van der Waals surface area contributed by atoms with E-state index in [1.54, 1.807) is 6.92 Å². The molecule has 0 aliphatic heterocycles. The van der Waals surface area contributed by atoms with Gasteiger partial charge in [0.15, 0.2) is 0 Å². The quantitative estimate of drug-likeness (QED) is 0.568. The van der Waals surface area contributed by atoms with Crippen molar-refractivity contribution < 1.29 is 6.48 Å². The third-order valence-corrected chi connectivity index (χ3v) is 1.39. The Morgan fingerprint density at radius 3 is 2.56 bits per heavy atom. The first-order valence-electron chi connectivity index (χ1n) is 4.28. The molecule has 1 heteroatoms. The Kier molecular flexibility index (Phi) is 4.78. The molecule has 0 fully saturated rings. The summed E-state index contributed by atoms with van der Waals surface area (Å²) in [6, 6.07) is 0.